The van der Waals surface area contributed by atoms with Gasteiger partial charge in [0.2, 0.25) is 18.0 Å². The number of amides is 3. The van der Waals surface area contributed by atoms with E-state index < -0.39 is 93.1 Å². The number of benzodiazepines with no additional fused rings is 1. The first-order valence-corrected chi connectivity index (χ1v) is 17.4. The molecule has 1 unspecified atom stereocenters. The minimum Gasteiger partial charge on any atom is -0.479 e. The highest BCUT2D eigenvalue weighted by Crippen LogP contribution is 2.42. The van der Waals surface area contributed by atoms with Crippen molar-refractivity contribution in [3.8, 4) is 5.75 Å². The normalized spacial score (nSPS) is 17.3. The van der Waals surface area contributed by atoms with Gasteiger partial charge in [0.15, 0.2) is 5.54 Å². The molecular weight excluding hydrogens is 753 g/mol. The SMILES string of the molecule is CC(C(=O)O)(c1ccc(OP(=O)(O)O)cc1)N1C(=O)[C@@H](NC(=O)[C@H](CCC(F)(F)F)[C@H](CCC(F)(F)F)C(N)=O)N=C(c2ccccc2)c2ccccc21. The van der Waals surface area contributed by atoms with Crippen LogP contribution in [0.2, 0.25) is 0 Å². The van der Waals surface area contributed by atoms with Gasteiger partial charge in [0.25, 0.3) is 5.91 Å². The highest BCUT2D eigenvalue weighted by molar-refractivity contribution is 7.46. The molecule has 20 heteroatoms. The predicted octanol–water partition coefficient (Wildman–Crippen LogP) is 5.19. The number of hydrogen-bond acceptors (Lipinski definition) is 7. The molecule has 1 aliphatic heterocycles. The number of anilines is 1. The quantitative estimate of drug-likeness (QED) is 0.108. The van der Waals surface area contributed by atoms with Gasteiger partial charge in [0.1, 0.15) is 5.75 Å². The van der Waals surface area contributed by atoms with Crippen molar-refractivity contribution in [3.63, 3.8) is 0 Å². The maximum absolute atomic E-state index is 14.7. The Morgan fingerprint density at radius 2 is 1.43 bits per heavy atom. The zero-order valence-corrected chi connectivity index (χ0v) is 28.9. The molecule has 0 saturated carbocycles. The van der Waals surface area contributed by atoms with Crippen LogP contribution in [0.3, 0.4) is 0 Å². The van der Waals surface area contributed by atoms with Crippen molar-refractivity contribution in [1.82, 2.24) is 5.32 Å². The first-order valence-electron chi connectivity index (χ1n) is 15.9. The van der Waals surface area contributed by atoms with Gasteiger partial charge in [0.05, 0.1) is 11.4 Å². The van der Waals surface area contributed by atoms with E-state index >= 15 is 0 Å². The number of hydrogen-bond donors (Lipinski definition) is 5. The van der Waals surface area contributed by atoms with Crippen molar-refractivity contribution >= 4 is 42.9 Å². The summed E-state index contributed by atoms with van der Waals surface area (Å²) < 4.78 is 95.7. The molecule has 1 heterocycles. The van der Waals surface area contributed by atoms with E-state index in [4.69, 9.17) is 5.73 Å². The Balaban J connectivity index is 1.91. The molecule has 0 aromatic heterocycles. The molecule has 3 aromatic rings. The number of nitrogens with zero attached hydrogens (tertiary/aromatic N) is 2. The molecule has 3 aromatic carbocycles. The van der Waals surface area contributed by atoms with Crippen molar-refractivity contribution in [3.05, 3.63) is 95.6 Å². The van der Waals surface area contributed by atoms with Crippen molar-refractivity contribution in [1.29, 1.82) is 0 Å². The van der Waals surface area contributed by atoms with E-state index in [0.717, 1.165) is 36.1 Å². The second-order valence-corrected chi connectivity index (χ2v) is 13.5. The van der Waals surface area contributed by atoms with Crippen molar-refractivity contribution in [2.75, 3.05) is 4.90 Å². The third-order valence-electron chi connectivity index (χ3n) is 8.61. The Bertz CT molecular complexity index is 1960. The average molecular weight is 787 g/mol. The lowest BCUT2D eigenvalue weighted by molar-refractivity contribution is -0.152. The summed E-state index contributed by atoms with van der Waals surface area (Å²) in [6.07, 6.45) is -17.7. The van der Waals surface area contributed by atoms with Gasteiger partial charge in [-0.05, 0) is 43.5 Å². The lowest BCUT2D eigenvalue weighted by Gasteiger charge is -2.39. The van der Waals surface area contributed by atoms with Crippen LogP contribution in [0.4, 0.5) is 32.0 Å². The Labute approximate surface area is 303 Å². The van der Waals surface area contributed by atoms with E-state index in [0.29, 0.717) is 5.56 Å². The van der Waals surface area contributed by atoms with Crippen LogP contribution >= 0.6 is 7.82 Å². The van der Waals surface area contributed by atoms with Gasteiger partial charge in [-0.25, -0.2) is 14.4 Å². The molecule has 290 valence electrons. The monoisotopic (exact) mass is 786 g/mol. The number of nitrogens with one attached hydrogen (secondary N) is 1. The molecule has 0 radical (unpaired) electrons. The minimum atomic E-state index is -5.04. The van der Waals surface area contributed by atoms with Gasteiger partial charge in [-0.2, -0.15) is 26.3 Å². The average Bonchev–Trinajstić information content (AvgIpc) is 3.18. The number of fused-ring (bicyclic) bond motifs is 1. The number of phosphoric ester groups is 1. The Morgan fingerprint density at radius 1 is 0.889 bits per heavy atom. The number of alkyl halides is 6. The first-order chi connectivity index (χ1) is 25.0. The summed E-state index contributed by atoms with van der Waals surface area (Å²) in [5, 5.41) is 12.9. The third-order valence-corrected chi connectivity index (χ3v) is 9.06. The number of aliphatic imine (C=N–C) groups is 1. The van der Waals surface area contributed by atoms with Crippen LogP contribution < -0.4 is 20.5 Å². The number of aliphatic carboxylic acids is 1. The minimum absolute atomic E-state index is 0.0131. The first kappa shape index (κ1) is 41.5. The van der Waals surface area contributed by atoms with Crippen LogP contribution in [0.1, 0.15) is 49.3 Å². The maximum Gasteiger partial charge on any atom is 0.524 e. The van der Waals surface area contributed by atoms with E-state index in [9.17, 15) is 65.0 Å². The van der Waals surface area contributed by atoms with Crippen molar-refractivity contribution < 1.29 is 69.5 Å². The number of rotatable bonds is 14. The van der Waals surface area contributed by atoms with Crippen molar-refractivity contribution in [2.24, 2.45) is 22.6 Å². The summed E-state index contributed by atoms with van der Waals surface area (Å²) in [5.74, 6) is -10.5. The number of primary amides is 1. The van der Waals surface area contributed by atoms with Gasteiger partial charge in [-0.15, -0.1) is 0 Å². The molecule has 0 saturated heterocycles. The van der Waals surface area contributed by atoms with Crippen LogP contribution in [-0.4, -0.2) is 62.8 Å². The third kappa shape index (κ3) is 10.0. The second-order valence-electron chi connectivity index (χ2n) is 12.4. The number of para-hydroxylation sites is 1. The van der Waals surface area contributed by atoms with Gasteiger partial charge in [0, 0.05) is 35.8 Å². The van der Waals surface area contributed by atoms with Crippen LogP contribution in [0.15, 0.2) is 83.9 Å². The fraction of sp³-hybridized carbons (Fsp3) is 0.324. The standard InChI is InChI=1S/C34H33F6N4O9P/c1-32(31(48)49,20-11-13-21(14-12-20)53-54(50,51)52)44-25-10-6-5-9-24(25)26(19-7-3-2-4-8-19)42-28(30(44)47)43-29(46)23(16-18-34(38,39)40)22(27(41)45)15-17-33(35,36)37/h2-14,22-23,28H,15-18H2,1H3,(H2,41,45)(H,43,46)(H,48,49)(H2,50,51,52)/t22-,23+,28+,32?/m0/s1. The van der Waals surface area contributed by atoms with Crippen LogP contribution in [0.25, 0.3) is 0 Å². The molecule has 1 aliphatic rings. The topological polar surface area (TPSA) is 209 Å². The number of nitrogens with two attached hydrogens (primary N) is 1. The van der Waals surface area contributed by atoms with Crippen LogP contribution in [-0.2, 0) is 29.3 Å². The highest BCUT2D eigenvalue weighted by Gasteiger charge is 2.50. The number of carbonyl (C=O) groups excluding carboxylic acids is 3. The zero-order valence-electron chi connectivity index (χ0n) is 28.0. The molecule has 0 aliphatic carbocycles. The summed E-state index contributed by atoms with van der Waals surface area (Å²) in [7, 11) is -5.04. The van der Waals surface area contributed by atoms with E-state index in [1.165, 1.54) is 24.3 Å². The molecule has 54 heavy (non-hydrogen) atoms. The zero-order chi connectivity index (χ0) is 40.2. The molecule has 13 nitrogen and oxygen atoms in total. The summed E-state index contributed by atoms with van der Waals surface area (Å²) in [5.41, 5.74) is 3.07. The number of phosphoric acid groups is 1. The summed E-state index contributed by atoms with van der Waals surface area (Å²) in [6.45, 7) is 1.08. The molecule has 3 amide bonds. The van der Waals surface area contributed by atoms with E-state index in [1.54, 1.807) is 30.3 Å². The van der Waals surface area contributed by atoms with E-state index in [2.05, 4.69) is 14.8 Å². The Hall–Kier alpha value is -5.26. The van der Waals surface area contributed by atoms with Gasteiger partial charge < -0.3 is 20.7 Å². The maximum atomic E-state index is 14.7. The second kappa shape index (κ2) is 16.0. The van der Waals surface area contributed by atoms with Gasteiger partial charge in [-0.3, -0.25) is 29.1 Å². The molecular formula is C34H33F6N4O9P. The largest absolute Gasteiger partial charge is 0.524 e. The molecule has 4 rings (SSSR count). The van der Waals surface area contributed by atoms with E-state index in [-0.39, 0.29) is 28.3 Å². The highest BCUT2D eigenvalue weighted by atomic mass is 31.2. The number of carboxylic acid groups (broad SMARTS) is 1. The summed E-state index contributed by atoms with van der Waals surface area (Å²) in [4.78, 5) is 77.8. The molecule has 0 bridgehead atoms. The van der Waals surface area contributed by atoms with Gasteiger partial charge >= 0.3 is 26.1 Å². The molecule has 6 N–H and O–H groups in total. The van der Waals surface area contributed by atoms with Gasteiger partial charge in [-0.1, -0.05) is 60.7 Å². The lowest BCUT2D eigenvalue weighted by atomic mass is 9.83. The number of carboxylic acids is 1. The van der Waals surface area contributed by atoms with E-state index in [1.807, 2.05) is 0 Å². The Morgan fingerprint density at radius 3 is 1.94 bits per heavy atom. The smallest absolute Gasteiger partial charge is 0.479 e. The fourth-order valence-corrected chi connectivity index (χ4v) is 6.40. The molecule has 4 atom stereocenters. The number of carbonyl (C=O) groups is 4. The predicted molar refractivity (Wildman–Crippen MR) is 179 cm³/mol. The molecule has 0 spiro atoms. The summed E-state index contributed by atoms with van der Waals surface area (Å²) >= 11 is 0. The van der Waals surface area contributed by atoms with Crippen LogP contribution in [0.5, 0.6) is 5.75 Å². The summed E-state index contributed by atoms with van der Waals surface area (Å²) in [6, 6.07) is 18.0. The number of halogens is 6. The van der Waals surface area contributed by atoms with Crippen molar-refractivity contribution in [2.45, 2.75) is 56.7 Å². The number of benzene rings is 3. The van der Waals surface area contributed by atoms with Crippen LogP contribution in [0, 0.1) is 11.8 Å². The Kier molecular flexibility index (Phi) is 12.3. The fourth-order valence-electron chi connectivity index (χ4n) is 6.01. The lowest BCUT2D eigenvalue weighted by Crippen LogP contribution is -2.59. The molecule has 0 fully saturated rings.